The first-order chi connectivity index (χ1) is 8.13. The SMILES string of the molecule is CCC(=O)NC(CCc1ccccc1)C(C)=O. The molecule has 0 radical (unpaired) electrons. The van der Waals surface area contributed by atoms with E-state index in [2.05, 4.69) is 5.32 Å². The molecule has 1 aromatic carbocycles. The van der Waals surface area contributed by atoms with Crippen LogP contribution in [-0.2, 0) is 16.0 Å². The zero-order valence-corrected chi connectivity index (χ0v) is 10.4. The van der Waals surface area contributed by atoms with Crippen LogP contribution in [0.1, 0.15) is 32.3 Å². The van der Waals surface area contributed by atoms with Gasteiger partial charge in [-0.25, -0.2) is 0 Å². The monoisotopic (exact) mass is 233 g/mol. The molecule has 0 heterocycles. The van der Waals surface area contributed by atoms with Gasteiger partial charge in [-0.1, -0.05) is 37.3 Å². The number of ketones is 1. The summed E-state index contributed by atoms with van der Waals surface area (Å²) in [6.07, 6.45) is 1.87. The zero-order chi connectivity index (χ0) is 12.7. The summed E-state index contributed by atoms with van der Waals surface area (Å²) in [5.41, 5.74) is 1.18. The molecule has 0 spiro atoms. The van der Waals surface area contributed by atoms with Crippen molar-refractivity contribution in [2.24, 2.45) is 0 Å². The van der Waals surface area contributed by atoms with E-state index in [1.165, 1.54) is 12.5 Å². The van der Waals surface area contributed by atoms with Crippen molar-refractivity contribution in [3.63, 3.8) is 0 Å². The predicted molar refractivity (Wildman–Crippen MR) is 67.7 cm³/mol. The van der Waals surface area contributed by atoms with Crippen molar-refractivity contribution in [2.45, 2.75) is 39.2 Å². The summed E-state index contributed by atoms with van der Waals surface area (Å²) in [6.45, 7) is 3.30. The lowest BCUT2D eigenvalue weighted by Gasteiger charge is -2.15. The molecule has 0 bridgehead atoms. The van der Waals surface area contributed by atoms with Crippen molar-refractivity contribution in [1.29, 1.82) is 0 Å². The molecule has 1 N–H and O–H groups in total. The van der Waals surface area contributed by atoms with Gasteiger partial charge in [0.25, 0.3) is 0 Å². The predicted octanol–water partition coefficient (Wildman–Crippen LogP) is 2.10. The molecule has 0 aromatic heterocycles. The van der Waals surface area contributed by atoms with Crippen molar-refractivity contribution < 1.29 is 9.59 Å². The molecule has 3 nitrogen and oxygen atoms in total. The molecule has 0 fully saturated rings. The van der Waals surface area contributed by atoms with Crippen LogP contribution in [0, 0.1) is 0 Å². The molecule has 3 heteroatoms. The smallest absolute Gasteiger partial charge is 0.220 e. The van der Waals surface area contributed by atoms with Crippen LogP contribution in [0.15, 0.2) is 30.3 Å². The number of nitrogens with one attached hydrogen (secondary N) is 1. The van der Waals surface area contributed by atoms with Crippen molar-refractivity contribution in [1.82, 2.24) is 5.32 Å². The number of Topliss-reactive ketones (excluding diaryl/α,β-unsaturated/α-hetero) is 1. The zero-order valence-electron chi connectivity index (χ0n) is 10.4. The van der Waals surface area contributed by atoms with E-state index >= 15 is 0 Å². The van der Waals surface area contributed by atoms with Gasteiger partial charge in [-0.05, 0) is 25.3 Å². The molecule has 0 saturated heterocycles. The molecule has 1 aromatic rings. The van der Waals surface area contributed by atoms with Crippen molar-refractivity contribution in [3.05, 3.63) is 35.9 Å². The highest BCUT2D eigenvalue weighted by molar-refractivity contribution is 5.87. The molecular formula is C14H19NO2. The standard InChI is InChI=1S/C14H19NO2/c1-3-14(17)15-13(11(2)16)10-9-12-7-5-4-6-8-12/h4-8,13H,3,9-10H2,1-2H3,(H,15,17). The molecule has 1 amide bonds. The maximum Gasteiger partial charge on any atom is 0.220 e. The van der Waals surface area contributed by atoms with Gasteiger partial charge in [0.1, 0.15) is 0 Å². The Balaban J connectivity index is 2.50. The summed E-state index contributed by atoms with van der Waals surface area (Å²) in [5.74, 6) is -0.0546. The minimum atomic E-state index is -0.359. The summed E-state index contributed by atoms with van der Waals surface area (Å²) in [6, 6.07) is 9.61. The minimum Gasteiger partial charge on any atom is -0.346 e. The fourth-order valence-electron chi connectivity index (χ4n) is 1.63. The Labute approximate surface area is 102 Å². The second-order valence-electron chi connectivity index (χ2n) is 4.11. The topological polar surface area (TPSA) is 46.2 Å². The molecule has 0 saturated carbocycles. The summed E-state index contributed by atoms with van der Waals surface area (Å²) in [7, 11) is 0. The molecular weight excluding hydrogens is 214 g/mol. The number of carbonyl (C=O) groups excluding carboxylic acids is 2. The fraction of sp³-hybridized carbons (Fsp3) is 0.429. The van der Waals surface area contributed by atoms with Crippen LogP contribution in [0.25, 0.3) is 0 Å². The minimum absolute atomic E-state index is 0.0164. The van der Waals surface area contributed by atoms with Gasteiger partial charge in [0, 0.05) is 6.42 Å². The summed E-state index contributed by atoms with van der Waals surface area (Å²) in [4.78, 5) is 22.7. The van der Waals surface area contributed by atoms with Crippen LogP contribution in [-0.4, -0.2) is 17.7 Å². The van der Waals surface area contributed by atoms with E-state index in [0.29, 0.717) is 12.8 Å². The van der Waals surface area contributed by atoms with Crippen LogP contribution >= 0.6 is 0 Å². The average molecular weight is 233 g/mol. The number of rotatable bonds is 6. The van der Waals surface area contributed by atoms with Gasteiger partial charge in [-0.2, -0.15) is 0 Å². The fourth-order valence-corrected chi connectivity index (χ4v) is 1.63. The van der Waals surface area contributed by atoms with Gasteiger partial charge < -0.3 is 5.32 Å². The Morgan fingerprint density at radius 2 is 1.88 bits per heavy atom. The van der Waals surface area contributed by atoms with Crippen LogP contribution in [0.5, 0.6) is 0 Å². The highest BCUT2D eigenvalue weighted by Gasteiger charge is 2.15. The van der Waals surface area contributed by atoms with Gasteiger partial charge in [0.05, 0.1) is 6.04 Å². The Morgan fingerprint density at radius 1 is 1.24 bits per heavy atom. The molecule has 0 aliphatic carbocycles. The van der Waals surface area contributed by atoms with Crippen molar-refractivity contribution in [3.8, 4) is 0 Å². The lowest BCUT2D eigenvalue weighted by atomic mass is 10.0. The number of benzene rings is 1. The highest BCUT2D eigenvalue weighted by atomic mass is 16.2. The second-order valence-corrected chi connectivity index (χ2v) is 4.11. The summed E-state index contributed by atoms with van der Waals surface area (Å²) in [5, 5.41) is 2.75. The van der Waals surface area contributed by atoms with E-state index in [-0.39, 0.29) is 17.7 Å². The Morgan fingerprint density at radius 3 is 2.41 bits per heavy atom. The van der Waals surface area contributed by atoms with Crippen LogP contribution < -0.4 is 5.32 Å². The van der Waals surface area contributed by atoms with E-state index in [9.17, 15) is 9.59 Å². The Kier molecular flexibility index (Phi) is 5.40. The number of carbonyl (C=O) groups is 2. The lowest BCUT2D eigenvalue weighted by molar-refractivity contribution is -0.126. The highest BCUT2D eigenvalue weighted by Crippen LogP contribution is 2.06. The molecule has 0 aliphatic heterocycles. The number of aryl methyl sites for hydroxylation is 1. The first-order valence-corrected chi connectivity index (χ1v) is 5.97. The largest absolute Gasteiger partial charge is 0.346 e. The van der Waals surface area contributed by atoms with Gasteiger partial charge in [-0.3, -0.25) is 9.59 Å². The van der Waals surface area contributed by atoms with Crippen LogP contribution in [0.4, 0.5) is 0 Å². The van der Waals surface area contributed by atoms with Crippen molar-refractivity contribution in [2.75, 3.05) is 0 Å². The van der Waals surface area contributed by atoms with Crippen LogP contribution in [0.3, 0.4) is 0 Å². The third kappa shape index (κ3) is 4.81. The number of hydrogen-bond donors (Lipinski definition) is 1. The molecule has 92 valence electrons. The Hall–Kier alpha value is -1.64. The number of hydrogen-bond acceptors (Lipinski definition) is 2. The quantitative estimate of drug-likeness (QED) is 0.818. The first kappa shape index (κ1) is 13.4. The van der Waals surface area contributed by atoms with E-state index < -0.39 is 0 Å². The third-order valence-corrected chi connectivity index (χ3v) is 2.71. The third-order valence-electron chi connectivity index (χ3n) is 2.71. The maximum absolute atomic E-state index is 11.4. The average Bonchev–Trinajstić information content (AvgIpc) is 2.35. The normalized spacial score (nSPS) is 11.9. The van der Waals surface area contributed by atoms with E-state index in [0.717, 1.165) is 6.42 Å². The van der Waals surface area contributed by atoms with Gasteiger partial charge in [0.2, 0.25) is 5.91 Å². The van der Waals surface area contributed by atoms with Crippen molar-refractivity contribution >= 4 is 11.7 Å². The molecule has 1 rings (SSSR count). The lowest BCUT2D eigenvalue weighted by Crippen LogP contribution is -2.39. The summed E-state index contributed by atoms with van der Waals surface area (Å²) >= 11 is 0. The molecule has 0 aliphatic rings. The second kappa shape index (κ2) is 6.84. The van der Waals surface area contributed by atoms with E-state index in [4.69, 9.17) is 0 Å². The Bertz CT molecular complexity index is 373. The van der Waals surface area contributed by atoms with Gasteiger partial charge in [0.15, 0.2) is 5.78 Å². The molecule has 17 heavy (non-hydrogen) atoms. The number of amides is 1. The van der Waals surface area contributed by atoms with Crippen LogP contribution in [0.2, 0.25) is 0 Å². The molecule has 1 atom stereocenters. The van der Waals surface area contributed by atoms with Gasteiger partial charge >= 0.3 is 0 Å². The maximum atomic E-state index is 11.4. The first-order valence-electron chi connectivity index (χ1n) is 5.97. The van der Waals surface area contributed by atoms with E-state index in [1.807, 2.05) is 30.3 Å². The summed E-state index contributed by atoms with van der Waals surface area (Å²) < 4.78 is 0. The van der Waals surface area contributed by atoms with Gasteiger partial charge in [-0.15, -0.1) is 0 Å². The van der Waals surface area contributed by atoms with E-state index in [1.54, 1.807) is 6.92 Å². The molecule has 1 unspecified atom stereocenters.